The van der Waals surface area contributed by atoms with Crippen LogP contribution in [0.4, 0.5) is 29.3 Å². The zero-order chi connectivity index (χ0) is 23.5. The number of rotatable bonds is 5. The number of amides is 3. The molecule has 3 amide bonds. The highest BCUT2D eigenvalue weighted by Crippen LogP contribution is 2.41. The molecule has 0 aliphatic carbocycles. The lowest BCUT2D eigenvalue weighted by atomic mass is 10.1. The topological polar surface area (TPSA) is 88.3 Å². The Morgan fingerprint density at radius 2 is 1.84 bits per heavy atom. The van der Waals surface area contributed by atoms with Crippen LogP contribution in [0.25, 0.3) is 0 Å². The molecule has 1 aromatic heterocycles. The molecule has 0 unspecified atom stereocenters. The number of hydrogen-bond donors (Lipinski definition) is 2. The van der Waals surface area contributed by atoms with Gasteiger partial charge in [-0.1, -0.05) is 23.9 Å². The maximum absolute atomic E-state index is 13.5. The van der Waals surface area contributed by atoms with Gasteiger partial charge in [0.2, 0.25) is 0 Å². The number of primary amides is 1. The van der Waals surface area contributed by atoms with Crippen LogP contribution in [0, 0.1) is 0 Å². The number of urea groups is 1. The van der Waals surface area contributed by atoms with Crippen molar-refractivity contribution < 1.29 is 22.8 Å². The average molecular weight is 525 g/mol. The van der Waals surface area contributed by atoms with Gasteiger partial charge in [-0.3, -0.25) is 14.7 Å². The van der Waals surface area contributed by atoms with Crippen LogP contribution >= 0.6 is 27.7 Å². The molecule has 0 radical (unpaired) electrons. The standard InChI is InChI=1S/C21H16BrF3N4O2S/c1-27-19(30)16-11-13(8-9-28-16)32-18-10-12(6-7-15(18)22)29(20(26)31)17-5-3-2-4-14(17)21(23,24)25/h2-11H,1H3,(H2,26,31)(H,27,30). The fourth-order valence-corrected chi connectivity index (χ4v) is 4.24. The van der Waals surface area contributed by atoms with E-state index in [-0.39, 0.29) is 23.0 Å². The summed E-state index contributed by atoms with van der Waals surface area (Å²) in [6, 6.07) is 11.5. The van der Waals surface area contributed by atoms with Gasteiger partial charge in [0.1, 0.15) is 5.69 Å². The number of anilines is 2. The second kappa shape index (κ2) is 9.61. The molecule has 2 aromatic carbocycles. The number of nitrogens with two attached hydrogens (primary N) is 1. The molecule has 0 aliphatic rings. The summed E-state index contributed by atoms with van der Waals surface area (Å²) < 4.78 is 41.2. The quantitative estimate of drug-likeness (QED) is 0.455. The van der Waals surface area contributed by atoms with Gasteiger partial charge in [-0.25, -0.2) is 4.79 Å². The van der Waals surface area contributed by atoms with Crippen LogP contribution in [0.5, 0.6) is 0 Å². The molecule has 0 saturated carbocycles. The third-order valence-corrected chi connectivity index (χ3v) is 6.26. The fourth-order valence-electron chi connectivity index (χ4n) is 2.86. The Morgan fingerprint density at radius 3 is 2.50 bits per heavy atom. The van der Waals surface area contributed by atoms with Crippen molar-refractivity contribution in [3.63, 3.8) is 0 Å². The molecule has 0 fully saturated rings. The summed E-state index contributed by atoms with van der Waals surface area (Å²) in [4.78, 5) is 30.1. The molecule has 1 heterocycles. The minimum atomic E-state index is -4.68. The van der Waals surface area contributed by atoms with E-state index in [1.807, 2.05) is 0 Å². The van der Waals surface area contributed by atoms with E-state index in [4.69, 9.17) is 5.73 Å². The van der Waals surface area contributed by atoms with Crippen molar-refractivity contribution >= 4 is 51.0 Å². The first-order valence-corrected chi connectivity index (χ1v) is 10.6. The number of carbonyl (C=O) groups excluding carboxylic acids is 2. The van der Waals surface area contributed by atoms with Crippen molar-refractivity contribution in [2.75, 3.05) is 11.9 Å². The van der Waals surface area contributed by atoms with E-state index in [1.54, 1.807) is 18.2 Å². The van der Waals surface area contributed by atoms with Crippen LogP contribution in [0.3, 0.4) is 0 Å². The molecule has 32 heavy (non-hydrogen) atoms. The largest absolute Gasteiger partial charge is 0.418 e. The monoisotopic (exact) mass is 524 g/mol. The molecule has 0 saturated heterocycles. The van der Waals surface area contributed by atoms with Gasteiger partial charge >= 0.3 is 12.2 Å². The number of carbonyl (C=O) groups is 2. The maximum atomic E-state index is 13.5. The highest BCUT2D eigenvalue weighted by Gasteiger charge is 2.36. The molecule has 0 atom stereocenters. The van der Waals surface area contributed by atoms with Gasteiger partial charge in [-0.2, -0.15) is 13.2 Å². The molecule has 0 spiro atoms. The maximum Gasteiger partial charge on any atom is 0.418 e. The molecule has 3 N–H and O–H groups in total. The Kier molecular flexibility index (Phi) is 7.09. The molecule has 166 valence electrons. The number of alkyl halides is 3. The summed E-state index contributed by atoms with van der Waals surface area (Å²) >= 11 is 4.64. The van der Waals surface area contributed by atoms with Crippen LogP contribution in [0.2, 0.25) is 0 Å². The van der Waals surface area contributed by atoms with Gasteiger partial charge in [-0.05, 0) is 58.4 Å². The Labute approximate surface area is 194 Å². The number of aromatic nitrogens is 1. The van der Waals surface area contributed by atoms with E-state index >= 15 is 0 Å². The normalized spacial score (nSPS) is 11.2. The van der Waals surface area contributed by atoms with E-state index in [9.17, 15) is 22.8 Å². The predicted molar refractivity (Wildman–Crippen MR) is 119 cm³/mol. The van der Waals surface area contributed by atoms with Gasteiger partial charge in [0.25, 0.3) is 5.91 Å². The number of pyridine rings is 1. The van der Waals surface area contributed by atoms with E-state index in [1.165, 1.54) is 55.3 Å². The molecule has 11 heteroatoms. The molecule has 0 aliphatic heterocycles. The second-order valence-corrected chi connectivity index (χ2v) is 8.33. The smallest absolute Gasteiger partial charge is 0.354 e. The number of nitrogens with zero attached hydrogens (tertiary/aromatic N) is 2. The first-order valence-electron chi connectivity index (χ1n) is 9.03. The predicted octanol–water partition coefficient (Wildman–Crippen LogP) is 5.59. The van der Waals surface area contributed by atoms with Crippen LogP contribution < -0.4 is 16.0 Å². The first-order chi connectivity index (χ1) is 15.1. The van der Waals surface area contributed by atoms with E-state index in [0.29, 0.717) is 14.3 Å². The summed E-state index contributed by atoms with van der Waals surface area (Å²) in [6.45, 7) is 0. The van der Waals surface area contributed by atoms with Gasteiger partial charge in [0.15, 0.2) is 0 Å². The lowest BCUT2D eigenvalue weighted by Crippen LogP contribution is -2.33. The SMILES string of the molecule is CNC(=O)c1cc(Sc2cc(N(C(N)=O)c3ccccc3C(F)(F)F)ccc2Br)ccn1. The number of hydrogen-bond acceptors (Lipinski definition) is 4. The Balaban J connectivity index is 2.04. The second-order valence-electron chi connectivity index (χ2n) is 6.36. The lowest BCUT2D eigenvalue weighted by Gasteiger charge is -2.25. The average Bonchev–Trinajstić information content (AvgIpc) is 2.75. The highest BCUT2D eigenvalue weighted by molar-refractivity contribution is 9.10. The van der Waals surface area contributed by atoms with Crippen LogP contribution in [0.15, 0.2) is 75.1 Å². The van der Waals surface area contributed by atoms with Crippen molar-refractivity contribution in [1.29, 1.82) is 0 Å². The summed E-state index contributed by atoms with van der Waals surface area (Å²) in [6.07, 6.45) is -3.20. The summed E-state index contributed by atoms with van der Waals surface area (Å²) in [5.74, 6) is -0.357. The molecule has 3 aromatic rings. The van der Waals surface area contributed by atoms with E-state index < -0.39 is 17.8 Å². The molecular weight excluding hydrogens is 509 g/mol. The summed E-state index contributed by atoms with van der Waals surface area (Å²) in [5, 5.41) is 2.49. The molecular formula is C21H16BrF3N4O2S. The zero-order valence-electron chi connectivity index (χ0n) is 16.5. The number of halogens is 4. The molecule has 3 rings (SSSR count). The van der Waals surface area contributed by atoms with Crippen molar-refractivity contribution in [3.8, 4) is 0 Å². The number of benzene rings is 2. The Hall–Kier alpha value is -3.05. The fraction of sp³-hybridized carbons (Fsp3) is 0.0952. The lowest BCUT2D eigenvalue weighted by molar-refractivity contribution is -0.137. The van der Waals surface area contributed by atoms with Crippen molar-refractivity contribution in [2.45, 2.75) is 16.0 Å². The van der Waals surface area contributed by atoms with Crippen molar-refractivity contribution in [2.24, 2.45) is 5.73 Å². The highest BCUT2D eigenvalue weighted by atomic mass is 79.9. The first kappa shape index (κ1) is 23.6. The van der Waals surface area contributed by atoms with Crippen LogP contribution in [-0.4, -0.2) is 24.0 Å². The molecule has 6 nitrogen and oxygen atoms in total. The molecule has 0 bridgehead atoms. The Morgan fingerprint density at radius 1 is 1.12 bits per heavy atom. The van der Waals surface area contributed by atoms with E-state index in [2.05, 4.69) is 26.2 Å². The third-order valence-electron chi connectivity index (χ3n) is 4.26. The van der Waals surface area contributed by atoms with Gasteiger partial charge in [0.05, 0.1) is 16.9 Å². The van der Waals surface area contributed by atoms with Crippen molar-refractivity contribution in [3.05, 3.63) is 76.5 Å². The van der Waals surface area contributed by atoms with Crippen molar-refractivity contribution in [1.82, 2.24) is 10.3 Å². The summed E-state index contributed by atoms with van der Waals surface area (Å²) in [5.41, 5.74) is 4.47. The minimum absolute atomic E-state index is 0.153. The van der Waals surface area contributed by atoms with Crippen LogP contribution in [0.1, 0.15) is 16.1 Å². The van der Waals surface area contributed by atoms with Gasteiger partial charge in [0, 0.05) is 27.5 Å². The number of nitrogens with one attached hydrogen (secondary N) is 1. The van der Waals surface area contributed by atoms with Gasteiger partial charge < -0.3 is 11.1 Å². The van der Waals surface area contributed by atoms with Crippen LogP contribution in [-0.2, 0) is 6.18 Å². The Bertz CT molecular complexity index is 1170. The van der Waals surface area contributed by atoms with Gasteiger partial charge in [-0.15, -0.1) is 0 Å². The minimum Gasteiger partial charge on any atom is -0.354 e. The zero-order valence-corrected chi connectivity index (χ0v) is 18.9. The summed E-state index contributed by atoms with van der Waals surface area (Å²) in [7, 11) is 1.49. The van der Waals surface area contributed by atoms with E-state index in [0.717, 1.165) is 11.0 Å². The number of para-hydroxylation sites is 1. The third kappa shape index (κ3) is 5.22.